The molecule has 0 saturated carbocycles. The van der Waals surface area contributed by atoms with E-state index in [4.69, 9.17) is 9.84 Å². The highest BCUT2D eigenvalue weighted by molar-refractivity contribution is 5.90. The third kappa shape index (κ3) is 6.09. The van der Waals surface area contributed by atoms with Crippen LogP contribution in [-0.2, 0) is 0 Å². The molecule has 0 atom stereocenters. The Morgan fingerprint density at radius 1 is 1.21 bits per heavy atom. The van der Waals surface area contributed by atoms with Crippen molar-refractivity contribution in [3.05, 3.63) is 42.2 Å². The van der Waals surface area contributed by atoms with Gasteiger partial charge in [0, 0.05) is 0 Å². The number of rotatable bonds is 9. The first kappa shape index (κ1) is 15.3. The van der Waals surface area contributed by atoms with Gasteiger partial charge in [-0.3, -0.25) is 0 Å². The molecule has 0 aliphatic heterocycles. The fourth-order valence-corrected chi connectivity index (χ4v) is 1.80. The van der Waals surface area contributed by atoms with Crippen LogP contribution in [0.3, 0.4) is 0 Å². The number of para-hydroxylation sites is 1. The van der Waals surface area contributed by atoms with Crippen LogP contribution < -0.4 is 4.74 Å². The number of carbonyl (C=O) groups is 1. The SMILES string of the molecule is CCCCCCCC=COc1ccccc1C(=O)O. The quantitative estimate of drug-likeness (QED) is 0.521. The summed E-state index contributed by atoms with van der Waals surface area (Å²) in [7, 11) is 0. The molecule has 1 N–H and O–H groups in total. The van der Waals surface area contributed by atoms with Crippen LogP contribution in [0.25, 0.3) is 0 Å². The summed E-state index contributed by atoms with van der Waals surface area (Å²) in [6.45, 7) is 2.20. The molecule has 0 heterocycles. The number of benzene rings is 1. The number of carboxylic acid groups (broad SMARTS) is 1. The van der Waals surface area contributed by atoms with Gasteiger partial charge in [-0.25, -0.2) is 4.79 Å². The van der Waals surface area contributed by atoms with E-state index in [9.17, 15) is 4.79 Å². The smallest absolute Gasteiger partial charge is 0.339 e. The molecule has 0 spiro atoms. The highest BCUT2D eigenvalue weighted by Crippen LogP contribution is 2.18. The van der Waals surface area contributed by atoms with E-state index >= 15 is 0 Å². The van der Waals surface area contributed by atoms with Gasteiger partial charge in [0.25, 0.3) is 0 Å². The van der Waals surface area contributed by atoms with Crippen molar-refractivity contribution in [2.45, 2.75) is 45.4 Å². The predicted octanol–water partition coefficient (Wildman–Crippen LogP) is 4.64. The molecular formula is C16H22O3. The third-order valence-electron chi connectivity index (χ3n) is 2.88. The Balaban J connectivity index is 2.30. The number of hydrogen-bond acceptors (Lipinski definition) is 2. The van der Waals surface area contributed by atoms with Crippen molar-refractivity contribution >= 4 is 5.97 Å². The van der Waals surface area contributed by atoms with Crippen molar-refractivity contribution in [1.82, 2.24) is 0 Å². The molecule has 0 aliphatic rings. The number of hydrogen-bond donors (Lipinski definition) is 1. The topological polar surface area (TPSA) is 46.5 Å². The molecule has 0 aliphatic carbocycles. The van der Waals surface area contributed by atoms with Gasteiger partial charge in [-0.1, -0.05) is 44.7 Å². The molecule has 0 radical (unpaired) electrons. The molecule has 104 valence electrons. The van der Waals surface area contributed by atoms with Gasteiger partial charge in [-0.2, -0.15) is 0 Å². The van der Waals surface area contributed by atoms with Crippen molar-refractivity contribution in [2.24, 2.45) is 0 Å². The van der Waals surface area contributed by atoms with E-state index in [2.05, 4.69) is 6.92 Å². The standard InChI is InChI=1S/C16H22O3/c1-2-3-4-5-6-7-10-13-19-15-12-9-8-11-14(15)16(17)18/h8-13H,2-7H2,1H3,(H,17,18). The summed E-state index contributed by atoms with van der Waals surface area (Å²) in [6, 6.07) is 6.65. The summed E-state index contributed by atoms with van der Waals surface area (Å²) >= 11 is 0. The van der Waals surface area contributed by atoms with Gasteiger partial charge in [0.2, 0.25) is 0 Å². The lowest BCUT2D eigenvalue weighted by Gasteiger charge is -2.03. The molecule has 0 aromatic heterocycles. The summed E-state index contributed by atoms with van der Waals surface area (Å²) in [6.07, 6.45) is 10.7. The second-order valence-electron chi connectivity index (χ2n) is 4.49. The first-order valence-electron chi connectivity index (χ1n) is 6.89. The Bertz CT molecular complexity index is 410. The number of unbranched alkanes of at least 4 members (excludes halogenated alkanes) is 5. The Morgan fingerprint density at radius 3 is 2.68 bits per heavy atom. The van der Waals surface area contributed by atoms with E-state index in [1.165, 1.54) is 31.7 Å². The molecular weight excluding hydrogens is 240 g/mol. The molecule has 19 heavy (non-hydrogen) atoms. The highest BCUT2D eigenvalue weighted by atomic mass is 16.5. The van der Waals surface area contributed by atoms with Gasteiger partial charge < -0.3 is 9.84 Å². The average Bonchev–Trinajstić information content (AvgIpc) is 2.42. The van der Waals surface area contributed by atoms with Crippen LogP contribution in [-0.4, -0.2) is 11.1 Å². The number of allylic oxidation sites excluding steroid dienone is 1. The van der Waals surface area contributed by atoms with Gasteiger partial charge in [0.1, 0.15) is 11.3 Å². The van der Waals surface area contributed by atoms with E-state index in [0.29, 0.717) is 5.75 Å². The van der Waals surface area contributed by atoms with Crippen molar-refractivity contribution in [1.29, 1.82) is 0 Å². The van der Waals surface area contributed by atoms with Crippen LogP contribution in [0.15, 0.2) is 36.6 Å². The van der Waals surface area contributed by atoms with Crippen molar-refractivity contribution < 1.29 is 14.6 Å². The number of ether oxygens (including phenoxy) is 1. The highest BCUT2D eigenvalue weighted by Gasteiger charge is 2.08. The number of carboxylic acids is 1. The van der Waals surface area contributed by atoms with Gasteiger partial charge in [0.05, 0.1) is 6.26 Å². The third-order valence-corrected chi connectivity index (χ3v) is 2.88. The minimum absolute atomic E-state index is 0.190. The zero-order valence-electron chi connectivity index (χ0n) is 11.5. The van der Waals surface area contributed by atoms with Crippen LogP contribution in [0.5, 0.6) is 5.75 Å². The van der Waals surface area contributed by atoms with Crippen LogP contribution in [0.2, 0.25) is 0 Å². The lowest BCUT2D eigenvalue weighted by molar-refractivity contribution is 0.0694. The first-order chi connectivity index (χ1) is 9.25. The Hall–Kier alpha value is -1.77. The van der Waals surface area contributed by atoms with E-state index in [1.807, 2.05) is 6.08 Å². The molecule has 1 rings (SSSR count). The van der Waals surface area contributed by atoms with Crippen molar-refractivity contribution in [3.8, 4) is 5.75 Å². The van der Waals surface area contributed by atoms with E-state index in [1.54, 1.807) is 24.5 Å². The first-order valence-corrected chi connectivity index (χ1v) is 6.89. The molecule has 0 amide bonds. The normalized spacial score (nSPS) is 10.8. The zero-order chi connectivity index (χ0) is 13.9. The molecule has 1 aromatic carbocycles. The minimum Gasteiger partial charge on any atom is -0.478 e. The summed E-state index contributed by atoms with van der Waals surface area (Å²) in [5.41, 5.74) is 0.190. The largest absolute Gasteiger partial charge is 0.478 e. The van der Waals surface area contributed by atoms with E-state index < -0.39 is 5.97 Å². The average molecular weight is 262 g/mol. The van der Waals surface area contributed by atoms with Crippen LogP contribution >= 0.6 is 0 Å². The Kier molecular flexibility index (Phi) is 7.40. The molecule has 3 nitrogen and oxygen atoms in total. The summed E-state index contributed by atoms with van der Waals surface area (Å²) in [5, 5.41) is 8.98. The Labute approximate surface area is 114 Å². The molecule has 1 aromatic rings. The lowest BCUT2D eigenvalue weighted by atomic mass is 10.1. The molecule has 0 bridgehead atoms. The van der Waals surface area contributed by atoms with E-state index in [0.717, 1.165) is 12.8 Å². The van der Waals surface area contributed by atoms with Gasteiger partial charge in [-0.05, 0) is 31.1 Å². The summed E-state index contributed by atoms with van der Waals surface area (Å²) < 4.78 is 5.36. The second-order valence-corrected chi connectivity index (χ2v) is 4.49. The summed E-state index contributed by atoms with van der Waals surface area (Å²) in [5.74, 6) is -0.583. The van der Waals surface area contributed by atoms with Gasteiger partial charge in [-0.15, -0.1) is 0 Å². The van der Waals surface area contributed by atoms with Crippen molar-refractivity contribution in [3.63, 3.8) is 0 Å². The molecule has 0 unspecified atom stereocenters. The van der Waals surface area contributed by atoms with Crippen LogP contribution in [0.1, 0.15) is 55.8 Å². The second kappa shape index (κ2) is 9.20. The fraction of sp³-hybridized carbons (Fsp3) is 0.438. The van der Waals surface area contributed by atoms with Gasteiger partial charge in [0.15, 0.2) is 0 Å². The fourth-order valence-electron chi connectivity index (χ4n) is 1.80. The predicted molar refractivity (Wildman–Crippen MR) is 76.5 cm³/mol. The summed E-state index contributed by atoms with van der Waals surface area (Å²) in [4.78, 5) is 11.0. The maximum absolute atomic E-state index is 11.0. The molecule has 0 fully saturated rings. The molecule has 3 heteroatoms. The van der Waals surface area contributed by atoms with Crippen molar-refractivity contribution in [2.75, 3.05) is 0 Å². The van der Waals surface area contributed by atoms with Crippen LogP contribution in [0, 0.1) is 0 Å². The maximum atomic E-state index is 11.0. The lowest BCUT2D eigenvalue weighted by Crippen LogP contribution is -1.99. The minimum atomic E-state index is -0.969. The maximum Gasteiger partial charge on any atom is 0.339 e. The monoisotopic (exact) mass is 262 g/mol. The zero-order valence-corrected chi connectivity index (χ0v) is 11.5. The van der Waals surface area contributed by atoms with E-state index in [-0.39, 0.29) is 5.56 Å². The number of aromatic carboxylic acids is 1. The molecule has 0 saturated heterocycles. The Morgan fingerprint density at radius 2 is 1.95 bits per heavy atom. The van der Waals surface area contributed by atoms with Gasteiger partial charge >= 0.3 is 5.97 Å². The van der Waals surface area contributed by atoms with Crippen LogP contribution in [0.4, 0.5) is 0 Å².